The minimum atomic E-state index is -0.404. The van der Waals surface area contributed by atoms with Crippen molar-refractivity contribution in [1.82, 2.24) is 20.2 Å². The van der Waals surface area contributed by atoms with Crippen LogP contribution < -0.4 is 10.8 Å². The lowest BCUT2D eigenvalue weighted by atomic mass is 10.1. The van der Waals surface area contributed by atoms with Gasteiger partial charge in [-0.05, 0) is 31.2 Å². The molecule has 0 aliphatic carbocycles. The van der Waals surface area contributed by atoms with Crippen molar-refractivity contribution in [3.8, 4) is 16.9 Å². The van der Waals surface area contributed by atoms with Gasteiger partial charge in [0.2, 0.25) is 0 Å². The monoisotopic (exact) mass is 337 g/mol. The number of anilines is 1. The van der Waals surface area contributed by atoms with Crippen LogP contribution in [0.25, 0.3) is 16.9 Å². The van der Waals surface area contributed by atoms with E-state index in [0.29, 0.717) is 0 Å². The van der Waals surface area contributed by atoms with Gasteiger partial charge in [0.25, 0.3) is 5.91 Å². The van der Waals surface area contributed by atoms with Gasteiger partial charge in [0.15, 0.2) is 0 Å². The molecule has 1 amide bonds. The second kappa shape index (κ2) is 7.14. The van der Waals surface area contributed by atoms with Crippen molar-refractivity contribution in [3.63, 3.8) is 0 Å². The Labute approximate surface area is 145 Å². The van der Waals surface area contributed by atoms with E-state index in [0.717, 1.165) is 28.3 Å². The second-order valence-corrected chi connectivity index (χ2v) is 5.38. The number of para-hydroxylation sites is 1. The van der Waals surface area contributed by atoms with Crippen molar-refractivity contribution in [2.75, 3.05) is 19.5 Å². The smallest absolute Gasteiger partial charge is 0.293 e. The van der Waals surface area contributed by atoms with Gasteiger partial charge in [0.1, 0.15) is 11.5 Å². The third-order valence-corrected chi connectivity index (χ3v) is 3.82. The first-order valence-corrected chi connectivity index (χ1v) is 7.78. The van der Waals surface area contributed by atoms with E-state index in [4.69, 9.17) is 5.10 Å². The summed E-state index contributed by atoms with van der Waals surface area (Å²) >= 11 is 0. The van der Waals surface area contributed by atoms with Crippen LogP contribution in [-0.2, 0) is 4.84 Å². The molecular formula is C18H19N5O2. The number of nitrogens with one attached hydrogen (secondary N) is 2. The van der Waals surface area contributed by atoms with Crippen molar-refractivity contribution in [2.24, 2.45) is 0 Å². The average Bonchev–Trinajstić information content (AvgIpc) is 2.99. The predicted octanol–water partition coefficient (Wildman–Crippen LogP) is 2.58. The van der Waals surface area contributed by atoms with E-state index >= 15 is 0 Å². The van der Waals surface area contributed by atoms with E-state index in [-0.39, 0.29) is 5.69 Å². The van der Waals surface area contributed by atoms with E-state index in [1.165, 1.54) is 7.11 Å². The van der Waals surface area contributed by atoms with Gasteiger partial charge in [-0.25, -0.2) is 10.2 Å². The number of rotatable bonds is 5. The topological polar surface area (TPSA) is 81.1 Å². The molecule has 0 radical (unpaired) electrons. The molecule has 128 valence electrons. The lowest BCUT2D eigenvalue weighted by Crippen LogP contribution is -2.22. The zero-order valence-electron chi connectivity index (χ0n) is 14.3. The SMILES string of the molecule is CNc1c(C)c(-c2ccnc(C(=O)NOC)c2)nn1-c1ccccc1. The molecule has 0 fully saturated rings. The van der Waals surface area contributed by atoms with Crippen LogP contribution >= 0.6 is 0 Å². The Bertz CT molecular complexity index is 890. The molecular weight excluding hydrogens is 318 g/mol. The lowest BCUT2D eigenvalue weighted by molar-refractivity contribution is 0.0532. The van der Waals surface area contributed by atoms with E-state index in [9.17, 15) is 4.79 Å². The predicted molar refractivity (Wildman–Crippen MR) is 95.6 cm³/mol. The van der Waals surface area contributed by atoms with Crippen LogP contribution in [0, 0.1) is 6.92 Å². The molecule has 0 bridgehead atoms. The minimum Gasteiger partial charge on any atom is -0.373 e. The maximum absolute atomic E-state index is 11.9. The molecule has 0 aliphatic rings. The van der Waals surface area contributed by atoms with Crippen molar-refractivity contribution in [3.05, 3.63) is 59.9 Å². The normalized spacial score (nSPS) is 10.5. The first kappa shape index (κ1) is 16.7. The van der Waals surface area contributed by atoms with E-state index < -0.39 is 5.91 Å². The highest BCUT2D eigenvalue weighted by Crippen LogP contribution is 2.30. The zero-order valence-corrected chi connectivity index (χ0v) is 14.3. The van der Waals surface area contributed by atoms with Crippen molar-refractivity contribution >= 4 is 11.7 Å². The van der Waals surface area contributed by atoms with Gasteiger partial charge in [-0.15, -0.1) is 0 Å². The molecule has 3 rings (SSSR count). The molecule has 0 aliphatic heterocycles. The standard InChI is InChI=1S/C18H19N5O2/c1-12-16(13-9-10-20-15(11-13)18(24)22-25-3)21-23(17(12)19-2)14-7-5-4-6-8-14/h4-11,19H,1-3H3,(H,22,24). The molecule has 1 aromatic carbocycles. The molecule has 0 spiro atoms. The van der Waals surface area contributed by atoms with Gasteiger partial charge < -0.3 is 5.32 Å². The molecule has 2 aromatic heterocycles. The third kappa shape index (κ3) is 3.22. The Morgan fingerprint density at radius 2 is 1.96 bits per heavy atom. The lowest BCUT2D eigenvalue weighted by Gasteiger charge is -2.06. The Morgan fingerprint density at radius 1 is 1.20 bits per heavy atom. The Morgan fingerprint density at radius 3 is 2.64 bits per heavy atom. The molecule has 0 saturated carbocycles. The summed E-state index contributed by atoms with van der Waals surface area (Å²) in [5.74, 6) is 0.485. The summed E-state index contributed by atoms with van der Waals surface area (Å²) in [6, 6.07) is 13.4. The third-order valence-electron chi connectivity index (χ3n) is 3.82. The maximum Gasteiger partial charge on any atom is 0.293 e. The fraction of sp³-hybridized carbons (Fsp3) is 0.167. The summed E-state index contributed by atoms with van der Waals surface area (Å²) in [5.41, 5.74) is 6.05. The van der Waals surface area contributed by atoms with Crippen LogP contribution in [0.15, 0.2) is 48.7 Å². The summed E-state index contributed by atoms with van der Waals surface area (Å²) < 4.78 is 1.85. The van der Waals surface area contributed by atoms with E-state index in [2.05, 4.69) is 20.6 Å². The number of carbonyl (C=O) groups excluding carboxylic acids is 1. The number of pyridine rings is 1. The van der Waals surface area contributed by atoms with Crippen LogP contribution in [0.4, 0.5) is 5.82 Å². The molecule has 25 heavy (non-hydrogen) atoms. The Kier molecular flexibility index (Phi) is 4.76. The number of hydrogen-bond donors (Lipinski definition) is 2. The number of aromatic nitrogens is 3. The van der Waals surface area contributed by atoms with E-state index in [1.807, 2.05) is 55.1 Å². The van der Waals surface area contributed by atoms with Gasteiger partial charge in [-0.3, -0.25) is 14.6 Å². The summed E-state index contributed by atoms with van der Waals surface area (Å²) in [6.07, 6.45) is 1.58. The number of carbonyl (C=O) groups is 1. The number of amides is 1. The quantitative estimate of drug-likeness (QED) is 0.700. The Hall–Kier alpha value is -3.19. The number of nitrogens with zero attached hydrogens (tertiary/aromatic N) is 3. The van der Waals surface area contributed by atoms with Crippen LogP contribution in [-0.4, -0.2) is 34.8 Å². The molecule has 0 atom stereocenters. The largest absolute Gasteiger partial charge is 0.373 e. The van der Waals surface area contributed by atoms with Crippen molar-refractivity contribution < 1.29 is 9.63 Å². The van der Waals surface area contributed by atoms with Crippen molar-refractivity contribution in [1.29, 1.82) is 0 Å². The highest BCUT2D eigenvalue weighted by Gasteiger charge is 2.17. The molecule has 7 heteroatoms. The van der Waals surface area contributed by atoms with Crippen LogP contribution in [0.2, 0.25) is 0 Å². The molecule has 0 saturated heterocycles. The van der Waals surface area contributed by atoms with Crippen molar-refractivity contribution in [2.45, 2.75) is 6.92 Å². The first-order chi connectivity index (χ1) is 12.2. The number of hydrogen-bond acceptors (Lipinski definition) is 5. The minimum absolute atomic E-state index is 0.263. The summed E-state index contributed by atoms with van der Waals surface area (Å²) in [5, 5.41) is 7.93. The molecule has 7 nitrogen and oxygen atoms in total. The molecule has 0 unspecified atom stereocenters. The number of hydroxylamine groups is 1. The highest BCUT2D eigenvalue weighted by atomic mass is 16.6. The van der Waals surface area contributed by atoms with E-state index in [1.54, 1.807) is 12.3 Å². The average molecular weight is 337 g/mol. The van der Waals surface area contributed by atoms with Crippen LogP contribution in [0.5, 0.6) is 0 Å². The molecule has 2 N–H and O–H groups in total. The van der Waals surface area contributed by atoms with Gasteiger partial charge >= 0.3 is 0 Å². The van der Waals surface area contributed by atoms with Gasteiger partial charge in [-0.2, -0.15) is 5.10 Å². The van der Waals surface area contributed by atoms with Gasteiger partial charge in [0.05, 0.1) is 18.5 Å². The van der Waals surface area contributed by atoms with Gasteiger partial charge in [-0.1, -0.05) is 18.2 Å². The Balaban J connectivity index is 2.08. The summed E-state index contributed by atoms with van der Waals surface area (Å²) in [4.78, 5) is 20.7. The molecule has 3 aromatic rings. The fourth-order valence-corrected chi connectivity index (χ4v) is 2.67. The zero-order chi connectivity index (χ0) is 17.8. The number of benzene rings is 1. The van der Waals surface area contributed by atoms with Crippen LogP contribution in [0.3, 0.4) is 0 Å². The maximum atomic E-state index is 11.9. The first-order valence-electron chi connectivity index (χ1n) is 7.78. The van der Waals surface area contributed by atoms with Gasteiger partial charge in [0, 0.05) is 24.4 Å². The second-order valence-electron chi connectivity index (χ2n) is 5.38. The highest BCUT2D eigenvalue weighted by molar-refractivity contribution is 5.92. The summed E-state index contributed by atoms with van der Waals surface area (Å²) in [7, 11) is 3.24. The summed E-state index contributed by atoms with van der Waals surface area (Å²) in [6.45, 7) is 1.99. The molecule has 2 heterocycles. The fourth-order valence-electron chi connectivity index (χ4n) is 2.67. The van der Waals surface area contributed by atoms with Crippen LogP contribution in [0.1, 0.15) is 16.1 Å².